The lowest BCUT2D eigenvalue weighted by molar-refractivity contribution is -0.148. The van der Waals surface area contributed by atoms with Crippen molar-refractivity contribution in [3.8, 4) is 0 Å². The van der Waals surface area contributed by atoms with E-state index in [9.17, 15) is 4.79 Å². The minimum absolute atomic E-state index is 0.189. The fraction of sp³-hybridized carbons (Fsp3) is 0.933. The first-order valence-corrected chi connectivity index (χ1v) is 7.12. The third-order valence-corrected chi connectivity index (χ3v) is 4.08. The number of esters is 1. The largest absolute Gasteiger partial charge is 0.468 e. The fourth-order valence-electron chi connectivity index (χ4n) is 2.13. The molecule has 0 aromatic rings. The number of hydrogen-bond acceptors (Lipinski definition) is 4. The van der Waals surface area contributed by atoms with Gasteiger partial charge in [0.25, 0.3) is 0 Å². The van der Waals surface area contributed by atoms with E-state index < -0.39 is 5.54 Å². The van der Waals surface area contributed by atoms with Gasteiger partial charge in [0, 0.05) is 12.6 Å². The van der Waals surface area contributed by atoms with Gasteiger partial charge in [-0.1, -0.05) is 27.7 Å². The van der Waals surface area contributed by atoms with Crippen molar-refractivity contribution in [2.45, 2.75) is 59.5 Å². The van der Waals surface area contributed by atoms with Crippen LogP contribution >= 0.6 is 0 Å². The van der Waals surface area contributed by atoms with E-state index >= 15 is 0 Å². The van der Waals surface area contributed by atoms with Crippen molar-refractivity contribution < 1.29 is 9.53 Å². The molecule has 0 aliphatic rings. The molecule has 0 bridgehead atoms. The van der Waals surface area contributed by atoms with E-state index in [1.807, 2.05) is 13.8 Å². The molecule has 1 N–H and O–H groups in total. The Morgan fingerprint density at radius 1 is 1.32 bits per heavy atom. The summed E-state index contributed by atoms with van der Waals surface area (Å²) in [5.41, 5.74) is -0.371. The Kier molecular flexibility index (Phi) is 7.01. The second-order valence-electron chi connectivity index (χ2n) is 6.63. The van der Waals surface area contributed by atoms with Crippen molar-refractivity contribution in [1.82, 2.24) is 10.2 Å². The van der Waals surface area contributed by atoms with E-state index in [0.717, 1.165) is 19.5 Å². The molecule has 0 aliphatic heterocycles. The van der Waals surface area contributed by atoms with Gasteiger partial charge >= 0.3 is 5.97 Å². The van der Waals surface area contributed by atoms with Crippen LogP contribution in [0.2, 0.25) is 0 Å². The van der Waals surface area contributed by atoms with Crippen LogP contribution in [0.1, 0.15) is 48.0 Å². The van der Waals surface area contributed by atoms with Crippen LogP contribution in [0.3, 0.4) is 0 Å². The topological polar surface area (TPSA) is 41.6 Å². The summed E-state index contributed by atoms with van der Waals surface area (Å²) in [5, 5.41) is 3.24. The van der Waals surface area contributed by atoms with E-state index in [2.05, 4.69) is 45.0 Å². The number of likely N-dealkylation sites (N-methyl/N-ethyl adjacent to an activating group) is 1. The number of hydrogen-bond donors (Lipinski definition) is 1. The Hall–Kier alpha value is -0.610. The smallest absolute Gasteiger partial charge is 0.325 e. The average molecular weight is 272 g/mol. The van der Waals surface area contributed by atoms with Gasteiger partial charge in [0.15, 0.2) is 0 Å². The van der Waals surface area contributed by atoms with Gasteiger partial charge < -0.3 is 15.0 Å². The molecule has 0 radical (unpaired) electrons. The number of rotatable bonds is 7. The molecule has 19 heavy (non-hydrogen) atoms. The summed E-state index contributed by atoms with van der Waals surface area (Å²) in [6.45, 7) is 14.5. The Bertz CT molecular complexity index is 286. The van der Waals surface area contributed by atoms with Crippen LogP contribution in [0.25, 0.3) is 0 Å². The van der Waals surface area contributed by atoms with Crippen LogP contribution in [0.4, 0.5) is 0 Å². The fourth-order valence-corrected chi connectivity index (χ4v) is 2.13. The zero-order valence-corrected chi connectivity index (χ0v) is 14.0. The molecule has 4 heteroatoms. The van der Waals surface area contributed by atoms with Crippen LogP contribution < -0.4 is 5.32 Å². The van der Waals surface area contributed by atoms with Gasteiger partial charge in [-0.2, -0.15) is 0 Å². The van der Waals surface area contributed by atoms with E-state index in [-0.39, 0.29) is 11.4 Å². The molecule has 0 aromatic carbocycles. The minimum Gasteiger partial charge on any atom is -0.468 e. The van der Waals surface area contributed by atoms with E-state index in [1.54, 1.807) is 0 Å². The number of methoxy groups -OCH3 is 1. The maximum Gasteiger partial charge on any atom is 0.325 e. The summed E-state index contributed by atoms with van der Waals surface area (Å²) in [7, 11) is 3.55. The molecule has 0 fully saturated rings. The lowest BCUT2D eigenvalue weighted by atomic mass is 9.86. The molecular weight excluding hydrogens is 240 g/mol. The van der Waals surface area contributed by atoms with Crippen molar-refractivity contribution in [2.75, 3.05) is 27.2 Å². The van der Waals surface area contributed by atoms with Crippen molar-refractivity contribution >= 4 is 5.97 Å². The maximum atomic E-state index is 11.9. The molecule has 4 nitrogen and oxygen atoms in total. The standard InChI is InChI=1S/C15H32N2O2/c1-9-16-15(6,13(18)19-8)10-11-17(7)12(2)14(3,4)5/h12,16H,9-11H2,1-8H3. The molecule has 2 atom stereocenters. The van der Waals surface area contributed by atoms with Crippen molar-refractivity contribution in [2.24, 2.45) is 5.41 Å². The van der Waals surface area contributed by atoms with Crippen LogP contribution in [0, 0.1) is 5.41 Å². The maximum absolute atomic E-state index is 11.9. The molecule has 0 saturated heterocycles. The SMILES string of the molecule is CCNC(C)(CCN(C)C(C)C(C)(C)C)C(=O)OC. The zero-order valence-electron chi connectivity index (χ0n) is 14.0. The molecule has 114 valence electrons. The highest BCUT2D eigenvalue weighted by Crippen LogP contribution is 2.24. The third-order valence-electron chi connectivity index (χ3n) is 4.08. The molecule has 0 saturated carbocycles. The van der Waals surface area contributed by atoms with Crippen LogP contribution in [-0.2, 0) is 9.53 Å². The third kappa shape index (κ3) is 5.49. The Balaban J connectivity index is 4.61. The van der Waals surface area contributed by atoms with Crippen molar-refractivity contribution in [1.29, 1.82) is 0 Å². The monoisotopic (exact) mass is 272 g/mol. The van der Waals surface area contributed by atoms with E-state index in [4.69, 9.17) is 4.74 Å². The van der Waals surface area contributed by atoms with Gasteiger partial charge in [-0.25, -0.2) is 0 Å². The quantitative estimate of drug-likeness (QED) is 0.722. The van der Waals surface area contributed by atoms with Gasteiger partial charge in [0.2, 0.25) is 0 Å². The number of carbonyl (C=O) groups is 1. The van der Waals surface area contributed by atoms with E-state index in [1.165, 1.54) is 7.11 Å². The highest BCUT2D eigenvalue weighted by atomic mass is 16.5. The van der Waals surface area contributed by atoms with Gasteiger partial charge in [-0.3, -0.25) is 4.79 Å². The second kappa shape index (κ2) is 7.25. The lowest BCUT2D eigenvalue weighted by Crippen LogP contribution is -2.52. The summed E-state index contributed by atoms with van der Waals surface area (Å²) >= 11 is 0. The predicted molar refractivity (Wildman–Crippen MR) is 80.3 cm³/mol. The summed E-state index contributed by atoms with van der Waals surface area (Å²) < 4.78 is 4.91. The molecule has 2 unspecified atom stereocenters. The molecule has 0 rings (SSSR count). The van der Waals surface area contributed by atoms with Crippen molar-refractivity contribution in [3.63, 3.8) is 0 Å². The normalized spacial score (nSPS) is 17.1. The first-order valence-electron chi connectivity index (χ1n) is 7.12. The molecule has 0 spiro atoms. The predicted octanol–water partition coefficient (Wildman–Crippen LogP) is 2.28. The summed E-state index contributed by atoms with van der Waals surface area (Å²) in [4.78, 5) is 14.2. The molecular formula is C15H32N2O2. The highest BCUT2D eigenvalue weighted by molar-refractivity contribution is 5.80. The first-order chi connectivity index (χ1) is 8.58. The molecule has 0 aromatic heterocycles. The molecule has 0 heterocycles. The highest BCUT2D eigenvalue weighted by Gasteiger charge is 2.34. The van der Waals surface area contributed by atoms with Crippen LogP contribution in [0.5, 0.6) is 0 Å². The Labute approximate surface area is 118 Å². The lowest BCUT2D eigenvalue weighted by Gasteiger charge is -2.37. The minimum atomic E-state index is -0.602. The molecule has 0 aliphatic carbocycles. The summed E-state index contributed by atoms with van der Waals surface area (Å²) in [5.74, 6) is -0.189. The average Bonchev–Trinajstić information content (AvgIpc) is 2.33. The van der Waals surface area contributed by atoms with Gasteiger partial charge in [-0.05, 0) is 39.3 Å². The van der Waals surface area contributed by atoms with Gasteiger partial charge in [-0.15, -0.1) is 0 Å². The number of carbonyl (C=O) groups excluding carboxylic acids is 1. The Morgan fingerprint density at radius 3 is 2.21 bits per heavy atom. The van der Waals surface area contributed by atoms with Crippen LogP contribution in [-0.4, -0.2) is 49.7 Å². The first kappa shape index (κ1) is 18.4. The second-order valence-corrected chi connectivity index (χ2v) is 6.63. The molecule has 0 amide bonds. The van der Waals surface area contributed by atoms with Crippen molar-refractivity contribution in [3.05, 3.63) is 0 Å². The zero-order chi connectivity index (χ0) is 15.3. The summed E-state index contributed by atoms with van der Waals surface area (Å²) in [6.07, 6.45) is 0.741. The Morgan fingerprint density at radius 2 is 1.84 bits per heavy atom. The number of nitrogens with one attached hydrogen (secondary N) is 1. The summed E-state index contributed by atoms with van der Waals surface area (Å²) in [6, 6.07) is 0.455. The number of ether oxygens (including phenoxy) is 1. The van der Waals surface area contributed by atoms with E-state index in [0.29, 0.717) is 6.04 Å². The van der Waals surface area contributed by atoms with Gasteiger partial charge in [0.1, 0.15) is 5.54 Å². The number of nitrogens with zero attached hydrogens (tertiary/aromatic N) is 1. The van der Waals surface area contributed by atoms with Crippen LogP contribution in [0.15, 0.2) is 0 Å². The van der Waals surface area contributed by atoms with Gasteiger partial charge in [0.05, 0.1) is 7.11 Å².